The molecule has 0 bridgehead atoms. The van der Waals surface area contributed by atoms with Crippen LogP contribution in [0.1, 0.15) is 57.2 Å². The lowest BCUT2D eigenvalue weighted by atomic mass is 9.75. The topological polar surface area (TPSA) is 76.4 Å². The molecule has 0 radical (unpaired) electrons. The molecular weight excluding hydrogens is 318 g/mol. The summed E-state index contributed by atoms with van der Waals surface area (Å²) in [4.78, 5) is 24.5. The van der Waals surface area contributed by atoms with Crippen molar-refractivity contribution < 1.29 is 19.1 Å². The van der Waals surface area contributed by atoms with E-state index in [1.54, 1.807) is 33.8 Å². The van der Waals surface area contributed by atoms with Crippen LogP contribution in [-0.4, -0.2) is 24.1 Å². The fraction of sp³-hybridized carbons (Fsp3) is 0.550. The molecule has 1 aromatic carbocycles. The zero-order chi connectivity index (χ0) is 19.2. The lowest BCUT2D eigenvalue weighted by Crippen LogP contribution is -2.33. The Labute approximate surface area is 149 Å². The number of carbonyl (C=O) groups excluding carboxylic acids is 2. The monoisotopic (exact) mass is 345 g/mol. The van der Waals surface area contributed by atoms with Crippen molar-refractivity contribution >= 4 is 11.9 Å². The summed E-state index contributed by atoms with van der Waals surface area (Å²) in [6.07, 6.45) is -0.966. The molecule has 0 aromatic heterocycles. The molecule has 0 aliphatic rings. The average Bonchev–Trinajstić information content (AvgIpc) is 2.47. The lowest BCUT2D eigenvalue weighted by molar-refractivity contribution is -0.151. The highest BCUT2D eigenvalue weighted by Crippen LogP contribution is 2.34. The summed E-state index contributed by atoms with van der Waals surface area (Å²) >= 11 is 0. The van der Waals surface area contributed by atoms with Crippen LogP contribution in [0, 0.1) is 25.2 Å². The molecule has 5 heteroatoms. The summed E-state index contributed by atoms with van der Waals surface area (Å²) < 4.78 is 10.4. The summed E-state index contributed by atoms with van der Waals surface area (Å²) in [5, 5.41) is 9.89. The second kappa shape index (κ2) is 8.66. The predicted molar refractivity (Wildman–Crippen MR) is 94.9 cm³/mol. The number of aryl methyl sites for hydroxylation is 2. The molecule has 136 valence electrons. The van der Waals surface area contributed by atoms with Crippen LogP contribution in [0.4, 0.5) is 0 Å². The maximum atomic E-state index is 12.2. The van der Waals surface area contributed by atoms with Gasteiger partial charge in [-0.25, -0.2) is 0 Å². The van der Waals surface area contributed by atoms with Crippen molar-refractivity contribution in [1.82, 2.24) is 0 Å². The minimum Gasteiger partial charge on any atom is -0.463 e. The van der Waals surface area contributed by atoms with Crippen molar-refractivity contribution in [3.05, 3.63) is 34.9 Å². The third-order valence-corrected chi connectivity index (χ3v) is 3.90. The minimum atomic E-state index is -1.31. The molecule has 5 nitrogen and oxygen atoms in total. The van der Waals surface area contributed by atoms with E-state index in [-0.39, 0.29) is 25.0 Å². The van der Waals surface area contributed by atoms with Gasteiger partial charge in [-0.1, -0.05) is 18.2 Å². The molecule has 25 heavy (non-hydrogen) atoms. The smallest absolute Gasteiger partial charge is 0.308 e. The Kier molecular flexibility index (Phi) is 7.17. The van der Waals surface area contributed by atoms with Crippen LogP contribution in [0.2, 0.25) is 0 Å². The van der Waals surface area contributed by atoms with Gasteiger partial charge in [0.25, 0.3) is 0 Å². The maximum Gasteiger partial charge on any atom is 0.308 e. The SMILES string of the molecule is Cc1ccc(C(C#N)(CC(=O)OC(C)C)CC(=O)OC(C)C)cc1C. The van der Waals surface area contributed by atoms with Crippen LogP contribution in [-0.2, 0) is 24.5 Å². The average molecular weight is 345 g/mol. The van der Waals surface area contributed by atoms with Crippen molar-refractivity contribution in [3.63, 3.8) is 0 Å². The Bertz CT molecular complexity index is 647. The van der Waals surface area contributed by atoms with Gasteiger partial charge in [0.1, 0.15) is 5.41 Å². The van der Waals surface area contributed by atoms with Gasteiger partial charge >= 0.3 is 11.9 Å². The Hall–Kier alpha value is -2.35. The normalized spacial score (nSPS) is 11.3. The van der Waals surface area contributed by atoms with E-state index >= 15 is 0 Å². The Morgan fingerprint density at radius 2 is 1.48 bits per heavy atom. The zero-order valence-corrected chi connectivity index (χ0v) is 15.9. The second-order valence-electron chi connectivity index (χ2n) is 6.92. The van der Waals surface area contributed by atoms with Gasteiger partial charge in [0.2, 0.25) is 0 Å². The fourth-order valence-corrected chi connectivity index (χ4v) is 2.55. The summed E-state index contributed by atoms with van der Waals surface area (Å²) in [5.74, 6) is -1.01. The van der Waals surface area contributed by atoms with Crippen LogP contribution in [0.15, 0.2) is 18.2 Å². The molecule has 0 heterocycles. The van der Waals surface area contributed by atoms with Gasteiger partial charge in [-0.2, -0.15) is 5.26 Å². The molecule has 1 aromatic rings. The van der Waals surface area contributed by atoms with Crippen LogP contribution in [0.25, 0.3) is 0 Å². The van der Waals surface area contributed by atoms with Gasteiger partial charge in [-0.3, -0.25) is 9.59 Å². The predicted octanol–water partition coefficient (Wildman–Crippen LogP) is 3.75. The molecule has 0 saturated carbocycles. The largest absolute Gasteiger partial charge is 0.463 e. The summed E-state index contributed by atoms with van der Waals surface area (Å²) in [7, 11) is 0. The molecule has 0 unspecified atom stereocenters. The number of ether oxygens (including phenoxy) is 2. The van der Waals surface area contributed by atoms with E-state index in [0.717, 1.165) is 11.1 Å². The van der Waals surface area contributed by atoms with E-state index in [1.807, 2.05) is 26.0 Å². The molecule has 0 fully saturated rings. The first-order valence-electron chi connectivity index (χ1n) is 8.47. The zero-order valence-electron chi connectivity index (χ0n) is 15.9. The van der Waals surface area contributed by atoms with Crippen LogP contribution in [0.3, 0.4) is 0 Å². The fourth-order valence-electron chi connectivity index (χ4n) is 2.55. The highest BCUT2D eigenvalue weighted by atomic mass is 16.5. The third-order valence-electron chi connectivity index (χ3n) is 3.90. The number of benzene rings is 1. The van der Waals surface area contributed by atoms with Gasteiger partial charge in [-0.15, -0.1) is 0 Å². The number of hydrogen-bond donors (Lipinski definition) is 0. The molecule has 0 aliphatic carbocycles. The van der Waals surface area contributed by atoms with Crippen LogP contribution < -0.4 is 0 Å². The van der Waals surface area contributed by atoms with Gasteiger partial charge in [-0.05, 0) is 58.2 Å². The van der Waals surface area contributed by atoms with Gasteiger partial charge < -0.3 is 9.47 Å². The summed E-state index contributed by atoms with van der Waals surface area (Å²) in [5.41, 5.74) is 1.38. The van der Waals surface area contributed by atoms with E-state index in [9.17, 15) is 14.9 Å². The molecule has 0 amide bonds. The Morgan fingerprint density at radius 3 is 1.84 bits per heavy atom. The quantitative estimate of drug-likeness (QED) is 0.704. The molecule has 0 spiro atoms. The number of nitriles is 1. The van der Waals surface area contributed by atoms with Gasteiger partial charge in [0.15, 0.2) is 0 Å². The second-order valence-corrected chi connectivity index (χ2v) is 6.92. The molecule has 0 atom stereocenters. The lowest BCUT2D eigenvalue weighted by Gasteiger charge is -2.27. The standard InChI is InChI=1S/C20H27NO4/c1-13(2)24-18(22)10-20(12-21,11-19(23)25-14(3)4)17-8-7-15(5)16(6)9-17/h7-9,13-14H,10-11H2,1-6H3. The summed E-state index contributed by atoms with van der Waals surface area (Å²) in [6.45, 7) is 10.9. The minimum absolute atomic E-state index is 0.197. The molecular formula is C20H27NO4. The van der Waals surface area contributed by atoms with Crippen LogP contribution >= 0.6 is 0 Å². The first kappa shape index (κ1) is 20.7. The number of carbonyl (C=O) groups is 2. The van der Waals surface area contributed by atoms with E-state index in [2.05, 4.69) is 6.07 Å². The summed E-state index contributed by atoms with van der Waals surface area (Å²) in [6, 6.07) is 7.71. The molecule has 0 aliphatic heterocycles. The molecule has 1 rings (SSSR count). The highest BCUT2D eigenvalue weighted by molar-refractivity contribution is 5.78. The first-order valence-corrected chi connectivity index (χ1v) is 8.47. The van der Waals surface area contributed by atoms with E-state index in [4.69, 9.17) is 9.47 Å². The van der Waals surface area contributed by atoms with E-state index in [0.29, 0.717) is 5.56 Å². The van der Waals surface area contributed by atoms with Crippen molar-refractivity contribution in [2.24, 2.45) is 0 Å². The van der Waals surface area contributed by atoms with Crippen molar-refractivity contribution in [2.45, 2.75) is 72.0 Å². The van der Waals surface area contributed by atoms with Crippen molar-refractivity contribution in [3.8, 4) is 6.07 Å². The van der Waals surface area contributed by atoms with Crippen LogP contribution in [0.5, 0.6) is 0 Å². The molecule has 0 N–H and O–H groups in total. The Balaban J connectivity index is 3.26. The van der Waals surface area contributed by atoms with Crippen molar-refractivity contribution in [2.75, 3.05) is 0 Å². The molecule has 0 saturated heterocycles. The number of esters is 2. The van der Waals surface area contributed by atoms with E-state index < -0.39 is 17.4 Å². The Morgan fingerprint density at radius 1 is 1.00 bits per heavy atom. The number of rotatable bonds is 7. The van der Waals surface area contributed by atoms with Gasteiger partial charge in [0, 0.05) is 0 Å². The first-order chi connectivity index (χ1) is 11.6. The number of hydrogen-bond acceptors (Lipinski definition) is 5. The number of nitrogens with zero attached hydrogens (tertiary/aromatic N) is 1. The van der Waals surface area contributed by atoms with E-state index in [1.165, 1.54) is 0 Å². The third kappa shape index (κ3) is 5.90. The maximum absolute atomic E-state index is 12.2. The van der Waals surface area contributed by atoms with Gasteiger partial charge in [0.05, 0.1) is 31.1 Å². The van der Waals surface area contributed by atoms with Crippen molar-refractivity contribution in [1.29, 1.82) is 5.26 Å². The highest BCUT2D eigenvalue weighted by Gasteiger charge is 2.39.